The van der Waals surface area contributed by atoms with Gasteiger partial charge in [0.05, 0.1) is 12.3 Å². The molecule has 0 spiro atoms. The second kappa shape index (κ2) is 6.97. The van der Waals surface area contributed by atoms with Crippen LogP contribution >= 0.6 is 0 Å². The third kappa shape index (κ3) is 3.44. The fraction of sp³-hybridized carbons (Fsp3) is 0.389. The smallest absolute Gasteiger partial charge is 0.310 e. The highest BCUT2D eigenvalue weighted by molar-refractivity contribution is 7.79. The van der Waals surface area contributed by atoms with Crippen LogP contribution < -0.4 is 4.74 Å². The Bertz CT molecular complexity index is 1070. The molecule has 0 saturated carbocycles. The highest BCUT2D eigenvalue weighted by atomic mass is 32.2. The fourth-order valence-corrected chi connectivity index (χ4v) is 3.77. The number of rotatable bonds is 5. The van der Waals surface area contributed by atoms with Crippen LogP contribution in [0.4, 0.5) is 4.39 Å². The summed E-state index contributed by atoms with van der Waals surface area (Å²) in [4.78, 5) is 12.2. The van der Waals surface area contributed by atoms with Crippen molar-refractivity contribution in [3.05, 3.63) is 46.4 Å². The highest BCUT2D eigenvalue weighted by Gasteiger charge is 2.19. The normalized spacial score (nSPS) is 14.4. The van der Waals surface area contributed by atoms with Crippen molar-refractivity contribution in [2.45, 2.75) is 33.2 Å². The summed E-state index contributed by atoms with van der Waals surface area (Å²) < 4.78 is 43.2. The van der Waals surface area contributed by atoms with Crippen LogP contribution in [0.2, 0.25) is 0 Å². The number of nitrogens with zero attached hydrogens (tertiary/aromatic N) is 4. The van der Waals surface area contributed by atoms with Crippen molar-refractivity contribution in [1.29, 1.82) is 0 Å². The summed E-state index contributed by atoms with van der Waals surface area (Å²) in [5.41, 5.74) is 4.56. The van der Waals surface area contributed by atoms with Crippen LogP contribution in [0.3, 0.4) is 0 Å². The molecule has 2 aromatic heterocycles. The molecule has 0 aliphatic carbocycles. The third-order valence-electron chi connectivity index (χ3n) is 4.80. The van der Waals surface area contributed by atoms with E-state index in [9.17, 15) is 13.2 Å². The molecule has 0 fully saturated rings. The van der Waals surface area contributed by atoms with Crippen molar-refractivity contribution < 1.29 is 17.9 Å². The van der Waals surface area contributed by atoms with E-state index in [1.54, 1.807) is 11.5 Å². The van der Waals surface area contributed by atoms with Crippen LogP contribution in [0.1, 0.15) is 28.2 Å². The van der Waals surface area contributed by atoms with Gasteiger partial charge in [-0.1, -0.05) is 17.1 Å². The Kier molecular flexibility index (Phi) is 4.65. The maximum atomic E-state index is 13.7. The van der Waals surface area contributed by atoms with E-state index in [4.69, 9.17) is 4.74 Å². The van der Waals surface area contributed by atoms with E-state index in [1.807, 2.05) is 13.0 Å². The molecule has 3 aromatic rings. The zero-order chi connectivity index (χ0) is 19.1. The molecule has 1 aliphatic heterocycles. The summed E-state index contributed by atoms with van der Waals surface area (Å²) in [6.45, 7) is 4.52. The molecule has 3 heterocycles. The number of aromatic nitrogens is 4. The van der Waals surface area contributed by atoms with Crippen molar-refractivity contribution in [2.24, 2.45) is 0 Å². The quantitative estimate of drug-likeness (QED) is 0.489. The number of imidazole rings is 1. The fourth-order valence-electron chi connectivity index (χ4n) is 3.44. The van der Waals surface area contributed by atoms with E-state index in [-0.39, 0.29) is 12.3 Å². The number of hydrogen-bond acceptors (Lipinski definition) is 6. The lowest BCUT2D eigenvalue weighted by Gasteiger charge is -2.12. The Balaban J connectivity index is 1.80. The van der Waals surface area contributed by atoms with Gasteiger partial charge >= 0.3 is 6.08 Å². The zero-order valence-corrected chi connectivity index (χ0v) is 15.8. The molecule has 142 valence electrons. The lowest BCUT2D eigenvalue weighted by molar-refractivity contribution is 0.356. The maximum Gasteiger partial charge on any atom is 0.310 e. The minimum Gasteiger partial charge on any atom is -0.772 e. The minimum atomic E-state index is -2.22. The van der Waals surface area contributed by atoms with Crippen molar-refractivity contribution in [2.75, 3.05) is 12.4 Å². The molecule has 27 heavy (non-hydrogen) atoms. The lowest BCUT2D eigenvalue weighted by atomic mass is 10.0. The monoisotopic (exact) mass is 389 g/mol. The van der Waals surface area contributed by atoms with Gasteiger partial charge in [-0.25, -0.2) is 9.97 Å². The summed E-state index contributed by atoms with van der Waals surface area (Å²) in [6.07, 6.45) is 0.516. The third-order valence-corrected chi connectivity index (χ3v) is 5.31. The van der Waals surface area contributed by atoms with Crippen LogP contribution in [-0.2, 0) is 30.5 Å². The predicted molar refractivity (Wildman–Crippen MR) is 97.0 cm³/mol. The molecular formula is C18H18FN4O3S-. The van der Waals surface area contributed by atoms with Gasteiger partial charge in [-0.2, -0.15) is 9.37 Å². The molecule has 9 heteroatoms. The number of aryl methyl sites for hydroxylation is 3. The van der Waals surface area contributed by atoms with E-state index >= 15 is 0 Å². The summed E-state index contributed by atoms with van der Waals surface area (Å²) in [7, 11) is 0. The van der Waals surface area contributed by atoms with Gasteiger partial charge in [-0.05, 0) is 36.6 Å². The van der Waals surface area contributed by atoms with Gasteiger partial charge in [0.2, 0.25) is 0 Å². The van der Waals surface area contributed by atoms with Crippen molar-refractivity contribution in [3.8, 4) is 5.75 Å². The van der Waals surface area contributed by atoms with E-state index in [0.717, 1.165) is 23.3 Å². The van der Waals surface area contributed by atoms with Crippen LogP contribution in [0, 0.1) is 19.9 Å². The first-order chi connectivity index (χ1) is 12.9. The Morgan fingerprint density at radius 1 is 1.30 bits per heavy atom. The largest absolute Gasteiger partial charge is 0.772 e. The van der Waals surface area contributed by atoms with Gasteiger partial charge in [-0.3, -0.25) is 4.21 Å². The molecule has 0 N–H and O–H groups in total. The molecule has 1 unspecified atom stereocenters. The van der Waals surface area contributed by atoms with E-state index in [2.05, 4.69) is 21.0 Å². The molecule has 0 saturated heterocycles. The van der Waals surface area contributed by atoms with Crippen LogP contribution in [-0.4, -0.2) is 40.6 Å². The standard InChI is InChI=1S/C18H19FN4O3S/c1-10-7-12-3-5-26-14(12)8-13(10)9-15-21-16-11(2)20-18(19)22-17(16)23(15)4-6-27(24)25/h7-8H,3-6,9H2,1-2H3,(H,24,25)/p-1. The second-order valence-electron chi connectivity index (χ2n) is 6.60. The number of hydrogen-bond donors (Lipinski definition) is 0. The Hall–Kier alpha value is -2.39. The molecule has 1 aromatic carbocycles. The van der Waals surface area contributed by atoms with Gasteiger partial charge in [-0.15, -0.1) is 0 Å². The molecule has 0 amide bonds. The molecule has 1 aliphatic rings. The minimum absolute atomic E-state index is 0.102. The first-order valence-corrected chi connectivity index (χ1v) is 9.87. The Morgan fingerprint density at radius 3 is 2.89 bits per heavy atom. The lowest BCUT2D eigenvalue weighted by Crippen LogP contribution is -2.12. The molecular weight excluding hydrogens is 371 g/mol. The molecule has 1 atom stereocenters. The van der Waals surface area contributed by atoms with E-state index in [1.165, 1.54) is 5.56 Å². The van der Waals surface area contributed by atoms with Crippen molar-refractivity contribution >= 4 is 22.2 Å². The van der Waals surface area contributed by atoms with Crippen LogP contribution in [0.25, 0.3) is 11.2 Å². The number of halogens is 1. The molecule has 0 radical (unpaired) electrons. The summed E-state index contributed by atoms with van der Waals surface area (Å²) in [6, 6.07) is 4.12. The maximum absolute atomic E-state index is 13.7. The summed E-state index contributed by atoms with van der Waals surface area (Å²) >= 11 is -2.22. The average Bonchev–Trinajstić information content (AvgIpc) is 3.17. The van der Waals surface area contributed by atoms with Crippen LogP contribution in [0.5, 0.6) is 5.75 Å². The summed E-state index contributed by atoms with van der Waals surface area (Å²) in [5, 5.41) is 0. The molecule has 7 nitrogen and oxygen atoms in total. The highest BCUT2D eigenvalue weighted by Crippen LogP contribution is 2.30. The van der Waals surface area contributed by atoms with Gasteiger partial charge < -0.3 is 13.9 Å². The predicted octanol–water partition coefficient (Wildman–Crippen LogP) is 1.99. The number of fused-ring (bicyclic) bond motifs is 2. The van der Waals surface area contributed by atoms with Gasteiger partial charge in [0, 0.05) is 25.1 Å². The zero-order valence-electron chi connectivity index (χ0n) is 15.0. The first kappa shape index (κ1) is 18.0. The van der Waals surface area contributed by atoms with Gasteiger partial charge in [0.15, 0.2) is 5.65 Å². The topological polar surface area (TPSA) is 93.0 Å². The van der Waals surface area contributed by atoms with Gasteiger partial charge in [0.1, 0.15) is 17.1 Å². The Morgan fingerprint density at radius 2 is 2.11 bits per heavy atom. The van der Waals surface area contributed by atoms with Crippen molar-refractivity contribution in [1.82, 2.24) is 19.5 Å². The number of ether oxygens (including phenoxy) is 1. The van der Waals surface area contributed by atoms with Gasteiger partial charge in [0.25, 0.3) is 0 Å². The van der Waals surface area contributed by atoms with Crippen molar-refractivity contribution in [3.63, 3.8) is 0 Å². The van der Waals surface area contributed by atoms with E-state index in [0.29, 0.717) is 35.7 Å². The molecule has 0 bridgehead atoms. The van der Waals surface area contributed by atoms with Crippen LogP contribution in [0.15, 0.2) is 12.1 Å². The Labute approximate surface area is 157 Å². The SMILES string of the molecule is Cc1cc2c(cc1Cc1nc3c(C)nc(F)nc3n1CCS(=O)[O-])OCC2. The summed E-state index contributed by atoms with van der Waals surface area (Å²) in [5.74, 6) is 1.40. The van der Waals surface area contributed by atoms with E-state index < -0.39 is 17.2 Å². The average molecular weight is 389 g/mol. The number of benzene rings is 1. The first-order valence-electron chi connectivity index (χ1n) is 8.62. The second-order valence-corrected chi connectivity index (χ2v) is 7.62. The molecule has 4 rings (SSSR count).